The second kappa shape index (κ2) is 6.33. The summed E-state index contributed by atoms with van der Waals surface area (Å²) < 4.78 is 1.02. The average Bonchev–Trinajstić information content (AvgIpc) is 1.69. The Morgan fingerprint density at radius 1 is 1.33 bits per heavy atom. The van der Waals surface area contributed by atoms with Crippen LogP contribution in [0.1, 0.15) is 0 Å². The van der Waals surface area contributed by atoms with Crippen molar-refractivity contribution in [2.45, 2.75) is 0 Å². The van der Waals surface area contributed by atoms with Gasteiger partial charge in [0.1, 0.15) is 0 Å². The molecule has 1 heterocycles. The molecular formula is C5H6BrCl2N. The van der Waals surface area contributed by atoms with Gasteiger partial charge < -0.3 is 0 Å². The molecular weight excluding hydrogens is 225 g/mol. The molecule has 0 aliphatic heterocycles. The molecule has 0 fully saturated rings. The summed E-state index contributed by atoms with van der Waals surface area (Å²) in [5, 5.41) is 0. The number of hydrogen-bond acceptors (Lipinski definition) is 1. The van der Waals surface area contributed by atoms with Crippen LogP contribution in [0.2, 0.25) is 0 Å². The lowest BCUT2D eigenvalue weighted by Crippen LogP contribution is -1.64. The fourth-order valence-electron chi connectivity index (χ4n) is 0.342. The van der Waals surface area contributed by atoms with Crippen molar-refractivity contribution >= 4 is 40.7 Å². The number of rotatable bonds is 0. The van der Waals surface area contributed by atoms with Crippen LogP contribution in [-0.2, 0) is 0 Å². The lowest BCUT2D eigenvalue weighted by molar-refractivity contribution is 1.31. The highest BCUT2D eigenvalue weighted by Crippen LogP contribution is 2.02. The molecule has 0 saturated carbocycles. The van der Waals surface area contributed by atoms with Gasteiger partial charge in [0.15, 0.2) is 0 Å². The molecule has 0 amide bonds. The maximum atomic E-state index is 3.84. The first kappa shape index (κ1) is 11.9. The van der Waals surface area contributed by atoms with Crippen molar-refractivity contribution < 1.29 is 0 Å². The minimum Gasteiger partial charge on any atom is -0.264 e. The summed E-state index contributed by atoms with van der Waals surface area (Å²) in [5.41, 5.74) is 0. The van der Waals surface area contributed by atoms with E-state index in [4.69, 9.17) is 0 Å². The molecule has 0 bridgehead atoms. The van der Waals surface area contributed by atoms with Crippen molar-refractivity contribution in [3.63, 3.8) is 0 Å². The molecule has 0 N–H and O–H groups in total. The van der Waals surface area contributed by atoms with Crippen molar-refractivity contribution in [1.82, 2.24) is 4.98 Å². The fourth-order valence-corrected chi connectivity index (χ4v) is 0.613. The van der Waals surface area contributed by atoms with Gasteiger partial charge in [0.2, 0.25) is 0 Å². The van der Waals surface area contributed by atoms with E-state index in [0.717, 1.165) is 4.47 Å². The Bertz CT molecular complexity index is 145. The second-order valence-corrected chi connectivity index (χ2v) is 2.09. The summed E-state index contributed by atoms with van der Waals surface area (Å²) in [6.45, 7) is 0. The van der Waals surface area contributed by atoms with E-state index < -0.39 is 0 Å². The Balaban J connectivity index is 0. The highest BCUT2D eigenvalue weighted by molar-refractivity contribution is 9.10. The smallest absolute Gasteiger partial charge is 0.0410 e. The van der Waals surface area contributed by atoms with Gasteiger partial charge in [-0.1, -0.05) is 0 Å². The van der Waals surface area contributed by atoms with Crippen LogP contribution in [0.5, 0.6) is 0 Å². The van der Waals surface area contributed by atoms with E-state index in [9.17, 15) is 0 Å². The van der Waals surface area contributed by atoms with Crippen molar-refractivity contribution in [2.75, 3.05) is 0 Å². The summed E-state index contributed by atoms with van der Waals surface area (Å²) in [4.78, 5) is 3.84. The third kappa shape index (κ3) is 4.70. The molecule has 1 aromatic rings. The molecule has 9 heavy (non-hydrogen) atoms. The number of pyridine rings is 1. The van der Waals surface area contributed by atoms with Crippen molar-refractivity contribution in [3.8, 4) is 0 Å². The maximum absolute atomic E-state index is 3.84. The monoisotopic (exact) mass is 229 g/mol. The summed E-state index contributed by atoms with van der Waals surface area (Å²) in [6.07, 6.45) is 3.49. The van der Waals surface area contributed by atoms with Gasteiger partial charge in [0.05, 0.1) is 0 Å². The molecule has 0 spiro atoms. The third-order valence-electron chi connectivity index (χ3n) is 0.625. The van der Waals surface area contributed by atoms with Crippen LogP contribution in [0, 0.1) is 0 Å². The van der Waals surface area contributed by atoms with Crippen LogP contribution >= 0.6 is 40.7 Å². The van der Waals surface area contributed by atoms with Gasteiger partial charge in [-0.25, -0.2) is 0 Å². The standard InChI is InChI=1S/C5H4BrN.2ClH/c6-5-2-1-3-7-4-5;;/h1-4H;2*1H. The summed E-state index contributed by atoms with van der Waals surface area (Å²) in [7, 11) is 0. The number of hydrogen-bond donors (Lipinski definition) is 0. The Morgan fingerprint density at radius 2 is 2.00 bits per heavy atom. The topological polar surface area (TPSA) is 12.9 Å². The van der Waals surface area contributed by atoms with Gasteiger partial charge in [-0.3, -0.25) is 4.98 Å². The zero-order valence-corrected chi connectivity index (χ0v) is 7.67. The molecule has 4 heteroatoms. The zero-order chi connectivity index (χ0) is 5.11. The van der Waals surface area contributed by atoms with Crippen LogP contribution in [0.4, 0.5) is 0 Å². The Hall–Kier alpha value is 0.210. The molecule has 52 valence electrons. The molecule has 1 aromatic heterocycles. The lowest BCUT2D eigenvalue weighted by Gasteiger charge is -1.80. The summed E-state index contributed by atoms with van der Waals surface area (Å²) >= 11 is 3.25. The molecule has 0 saturated heterocycles. The van der Waals surface area contributed by atoms with Crippen LogP contribution in [0.25, 0.3) is 0 Å². The molecule has 0 unspecified atom stereocenters. The minimum atomic E-state index is 0. The molecule has 0 atom stereocenters. The Kier molecular flexibility index (Phi) is 8.40. The molecule has 1 rings (SSSR count). The van der Waals surface area contributed by atoms with E-state index in [1.54, 1.807) is 12.4 Å². The number of nitrogens with zero attached hydrogens (tertiary/aromatic N) is 1. The van der Waals surface area contributed by atoms with Gasteiger partial charge in [0, 0.05) is 16.9 Å². The van der Waals surface area contributed by atoms with Crippen molar-refractivity contribution in [1.29, 1.82) is 0 Å². The number of aromatic nitrogens is 1. The van der Waals surface area contributed by atoms with Gasteiger partial charge >= 0.3 is 0 Å². The van der Waals surface area contributed by atoms with Crippen molar-refractivity contribution in [3.05, 3.63) is 29.0 Å². The van der Waals surface area contributed by atoms with E-state index in [1.165, 1.54) is 0 Å². The van der Waals surface area contributed by atoms with E-state index in [1.807, 2.05) is 12.1 Å². The molecule has 1 nitrogen and oxygen atoms in total. The third-order valence-corrected chi connectivity index (χ3v) is 1.09. The number of halogens is 3. The summed E-state index contributed by atoms with van der Waals surface area (Å²) in [5.74, 6) is 0. The summed E-state index contributed by atoms with van der Waals surface area (Å²) in [6, 6.07) is 3.82. The first-order valence-electron chi connectivity index (χ1n) is 1.95. The fraction of sp³-hybridized carbons (Fsp3) is 0. The highest BCUT2D eigenvalue weighted by atomic mass is 79.9. The molecule has 0 aliphatic rings. The van der Waals surface area contributed by atoms with Crippen LogP contribution in [0.3, 0.4) is 0 Å². The Morgan fingerprint density at radius 3 is 2.22 bits per heavy atom. The maximum Gasteiger partial charge on any atom is 0.0410 e. The SMILES string of the molecule is Brc1cccnc1.Cl.Cl. The molecule has 0 radical (unpaired) electrons. The van der Waals surface area contributed by atoms with Gasteiger partial charge in [-0.2, -0.15) is 0 Å². The van der Waals surface area contributed by atoms with E-state index >= 15 is 0 Å². The van der Waals surface area contributed by atoms with Gasteiger partial charge in [0.25, 0.3) is 0 Å². The first-order valence-corrected chi connectivity index (χ1v) is 2.74. The van der Waals surface area contributed by atoms with Gasteiger partial charge in [-0.15, -0.1) is 24.8 Å². The van der Waals surface area contributed by atoms with Crippen LogP contribution in [-0.4, -0.2) is 4.98 Å². The van der Waals surface area contributed by atoms with E-state index in [0.29, 0.717) is 0 Å². The predicted molar refractivity (Wildman–Crippen MR) is 46.4 cm³/mol. The molecule has 0 aromatic carbocycles. The largest absolute Gasteiger partial charge is 0.264 e. The van der Waals surface area contributed by atoms with E-state index in [-0.39, 0.29) is 24.8 Å². The first-order chi connectivity index (χ1) is 3.39. The highest BCUT2D eigenvalue weighted by Gasteiger charge is 1.75. The predicted octanol–water partition coefficient (Wildman–Crippen LogP) is 2.69. The lowest BCUT2D eigenvalue weighted by atomic mass is 10.5. The van der Waals surface area contributed by atoms with Crippen LogP contribution < -0.4 is 0 Å². The second-order valence-electron chi connectivity index (χ2n) is 1.17. The Labute approximate surface area is 74.8 Å². The van der Waals surface area contributed by atoms with Crippen LogP contribution in [0.15, 0.2) is 29.0 Å². The minimum absolute atomic E-state index is 0. The normalized spacial score (nSPS) is 6.78. The van der Waals surface area contributed by atoms with Gasteiger partial charge in [-0.05, 0) is 28.1 Å². The van der Waals surface area contributed by atoms with E-state index in [2.05, 4.69) is 20.9 Å². The molecule has 0 aliphatic carbocycles. The van der Waals surface area contributed by atoms with Crippen molar-refractivity contribution in [2.24, 2.45) is 0 Å². The average molecular weight is 231 g/mol. The zero-order valence-electron chi connectivity index (χ0n) is 4.45. The quantitative estimate of drug-likeness (QED) is 0.668.